The van der Waals surface area contributed by atoms with Gasteiger partial charge < -0.3 is 14.6 Å². The molecule has 0 saturated heterocycles. The lowest BCUT2D eigenvalue weighted by Crippen LogP contribution is -2.18. The summed E-state index contributed by atoms with van der Waals surface area (Å²) < 4.78 is 9.85. The molecule has 74 valence electrons. The van der Waals surface area contributed by atoms with E-state index in [2.05, 4.69) is 0 Å². The monoisotopic (exact) mass is 186 g/mol. The number of hydrogen-bond donors (Lipinski definition) is 1. The molecule has 1 N–H and O–H groups in total. The van der Waals surface area contributed by atoms with Gasteiger partial charge in [-0.2, -0.15) is 0 Å². The minimum Gasteiger partial charge on any atom is -0.472 e. The van der Waals surface area contributed by atoms with Crippen LogP contribution in [0.25, 0.3) is 0 Å². The second-order valence-electron chi connectivity index (χ2n) is 3.08. The summed E-state index contributed by atoms with van der Waals surface area (Å²) in [6.07, 6.45) is 2.51. The van der Waals surface area contributed by atoms with Crippen LogP contribution in [-0.2, 0) is 14.3 Å². The fraction of sp³-hybridized carbons (Fsp3) is 0.667. The van der Waals surface area contributed by atoms with Crippen LogP contribution in [0, 0.1) is 5.92 Å². The SMILES string of the molecule is COCOC1=CC(=O)CC(CO)C1. The number of carbonyl (C=O) groups is 1. The van der Waals surface area contributed by atoms with Gasteiger partial charge in [0.1, 0.15) is 5.76 Å². The van der Waals surface area contributed by atoms with Crippen molar-refractivity contribution >= 4 is 5.78 Å². The van der Waals surface area contributed by atoms with Crippen molar-refractivity contribution in [3.8, 4) is 0 Å². The summed E-state index contributed by atoms with van der Waals surface area (Å²) in [5, 5.41) is 8.89. The standard InChI is InChI=1S/C9H14O4/c1-12-6-13-9-3-7(5-10)2-8(11)4-9/h4,7,10H,2-3,5-6H2,1H3. The molecule has 1 atom stereocenters. The van der Waals surface area contributed by atoms with Crippen LogP contribution >= 0.6 is 0 Å². The molecule has 0 radical (unpaired) electrons. The Morgan fingerprint density at radius 3 is 3.00 bits per heavy atom. The van der Waals surface area contributed by atoms with Gasteiger partial charge in [0, 0.05) is 32.6 Å². The summed E-state index contributed by atoms with van der Waals surface area (Å²) in [5.74, 6) is 0.623. The van der Waals surface area contributed by atoms with Gasteiger partial charge in [-0.25, -0.2) is 0 Å². The topological polar surface area (TPSA) is 55.8 Å². The lowest BCUT2D eigenvalue weighted by Gasteiger charge is -2.19. The van der Waals surface area contributed by atoms with E-state index in [9.17, 15) is 4.79 Å². The van der Waals surface area contributed by atoms with Crippen molar-refractivity contribution < 1.29 is 19.4 Å². The third-order valence-electron chi connectivity index (χ3n) is 1.92. The van der Waals surface area contributed by atoms with Gasteiger partial charge in [-0.1, -0.05) is 0 Å². The molecule has 0 amide bonds. The van der Waals surface area contributed by atoms with Crippen LogP contribution in [0.3, 0.4) is 0 Å². The summed E-state index contributed by atoms with van der Waals surface area (Å²) in [6, 6.07) is 0. The van der Waals surface area contributed by atoms with Gasteiger partial charge in [-0.3, -0.25) is 4.79 Å². The number of rotatable bonds is 4. The largest absolute Gasteiger partial charge is 0.472 e. The lowest BCUT2D eigenvalue weighted by atomic mass is 9.93. The van der Waals surface area contributed by atoms with Crippen molar-refractivity contribution in [3.05, 3.63) is 11.8 Å². The predicted molar refractivity (Wildman–Crippen MR) is 45.9 cm³/mol. The van der Waals surface area contributed by atoms with E-state index < -0.39 is 0 Å². The van der Waals surface area contributed by atoms with Crippen LogP contribution in [0.5, 0.6) is 0 Å². The molecule has 1 unspecified atom stereocenters. The molecule has 0 heterocycles. The van der Waals surface area contributed by atoms with E-state index in [0.29, 0.717) is 18.6 Å². The third kappa shape index (κ3) is 3.16. The summed E-state index contributed by atoms with van der Waals surface area (Å²) in [7, 11) is 1.52. The van der Waals surface area contributed by atoms with Crippen LogP contribution in [0.4, 0.5) is 0 Å². The van der Waals surface area contributed by atoms with E-state index in [1.165, 1.54) is 13.2 Å². The Kier molecular flexibility index (Phi) is 3.92. The molecule has 0 saturated carbocycles. The average molecular weight is 186 g/mol. The van der Waals surface area contributed by atoms with Crippen molar-refractivity contribution in [1.82, 2.24) is 0 Å². The first-order chi connectivity index (χ1) is 6.26. The number of methoxy groups -OCH3 is 1. The highest BCUT2D eigenvalue weighted by Gasteiger charge is 2.20. The molecule has 0 aliphatic heterocycles. The highest BCUT2D eigenvalue weighted by atomic mass is 16.7. The van der Waals surface area contributed by atoms with Crippen LogP contribution in [0.15, 0.2) is 11.8 Å². The molecule has 0 aromatic carbocycles. The van der Waals surface area contributed by atoms with Crippen LogP contribution in [0.1, 0.15) is 12.8 Å². The molecular formula is C9H14O4. The molecule has 0 bridgehead atoms. The maximum Gasteiger partial charge on any atom is 0.188 e. The number of aliphatic hydroxyl groups excluding tert-OH is 1. The smallest absolute Gasteiger partial charge is 0.188 e. The Labute approximate surface area is 77.1 Å². The minimum absolute atomic E-state index is 0.00403. The van der Waals surface area contributed by atoms with Crippen LogP contribution < -0.4 is 0 Å². The van der Waals surface area contributed by atoms with E-state index in [4.69, 9.17) is 14.6 Å². The zero-order valence-electron chi connectivity index (χ0n) is 7.66. The average Bonchev–Trinajstić information content (AvgIpc) is 2.14. The molecule has 0 aromatic heterocycles. The number of hydrogen-bond acceptors (Lipinski definition) is 4. The first kappa shape index (κ1) is 10.2. The molecule has 0 spiro atoms. The van der Waals surface area contributed by atoms with Gasteiger partial charge in [-0.05, 0) is 5.92 Å². The lowest BCUT2D eigenvalue weighted by molar-refractivity contribution is -0.117. The highest BCUT2D eigenvalue weighted by molar-refractivity contribution is 5.91. The fourth-order valence-electron chi connectivity index (χ4n) is 1.30. The quantitative estimate of drug-likeness (QED) is 0.648. The van der Waals surface area contributed by atoms with Crippen molar-refractivity contribution in [2.75, 3.05) is 20.5 Å². The summed E-state index contributed by atoms with van der Waals surface area (Å²) >= 11 is 0. The number of ether oxygens (including phenoxy) is 2. The minimum atomic E-state index is 0.00403. The van der Waals surface area contributed by atoms with Crippen molar-refractivity contribution in [2.45, 2.75) is 12.8 Å². The molecule has 4 heteroatoms. The van der Waals surface area contributed by atoms with Gasteiger partial charge in [0.05, 0.1) is 0 Å². The highest BCUT2D eigenvalue weighted by Crippen LogP contribution is 2.22. The zero-order valence-corrected chi connectivity index (χ0v) is 7.66. The maximum absolute atomic E-state index is 11.1. The molecule has 13 heavy (non-hydrogen) atoms. The van der Waals surface area contributed by atoms with Crippen molar-refractivity contribution in [2.24, 2.45) is 5.92 Å². The Morgan fingerprint density at radius 1 is 1.62 bits per heavy atom. The van der Waals surface area contributed by atoms with Gasteiger partial charge in [-0.15, -0.1) is 0 Å². The first-order valence-electron chi connectivity index (χ1n) is 4.22. The Balaban J connectivity index is 2.48. The van der Waals surface area contributed by atoms with E-state index in [1.807, 2.05) is 0 Å². The van der Waals surface area contributed by atoms with Crippen molar-refractivity contribution in [3.63, 3.8) is 0 Å². The van der Waals surface area contributed by atoms with Crippen molar-refractivity contribution in [1.29, 1.82) is 0 Å². The molecule has 1 aliphatic carbocycles. The zero-order chi connectivity index (χ0) is 9.68. The molecule has 1 aliphatic rings. The van der Waals surface area contributed by atoms with Gasteiger partial charge in [0.15, 0.2) is 12.6 Å². The van der Waals surface area contributed by atoms with Gasteiger partial charge in [0.25, 0.3) is 0 Å². The van der Waals surface area contributed by atoms with E-state index in [0.717, 1.165) is 0 Å². The number of carbonyl (C=O) groups excluding carboxylic acids is 1. The van der Waals surface area contributed by atoms with Gasteiger partial charge in [0.2, 0.25) is 0 Å². The summed E-state index contributed by atoms with van der Waals surface area (Å²) in [4.78, 5) is 11.1. The second-order valence-corrected chi connectivity index (χ2v) is 3.08. The normalized spacial score (nSPS) is 22.8. The maximum atomic E-state index is 11.1. The Bertz CT molecular complexity index is 210. The second kappa shape index (κ2) is 4.99. The van der Waals surface area contributed by atoms with E-state index in [1.54, 1.807) is 0 Å². The molecular weight excluding hydrogens is 172 g/mol. The number of aliphatic hydroxyl groups is 1. The molecule has 4 nitrogen and oxygen atoms in total. The van der Waals surface area contributed by atoms with E-state index in [-0.39, 0.29) is 25.1 Å². The summed E-state index contributed by atoms with van der Waals surface area (Å²) in [5.41, 5.74) is 0. The number of ketones is 1. The predicted octanol–water partition coefficient (Wildman–Crippen LogP) is 0.462. The Morgan fingerprint density at radius 2 is 2.38 bits per heavy atom. The Hall–Kier alpha value is -0.870. The van der Waals surface area contributed by atoms with Crippen LogP contribution in [-0.4, -0.2) is 31.4 Å². The van der Waals surface area contributed by atoms with E-state index >= 15 is 0 Å². The third-order valence-corrected chi connectivity index (χ3v) is 1.92. The van der Waals surface area contributed by atoms with Crippen LogP contribution in [0.2, 0.25) is 0 Å². The molecule has 1 rings (SSSR count). The fourth-order valence-corrected chi connectivity index (χ4v) is 1.30. The van der Waals surface area contributed by atoms with Gasteiger partial charge >= 0.3 is 0 Å². The number of allylic oxidation sites excluding steroid dienone is 2. The summed E-state index contributed by atoms with van der Waals surface area (Å²) in [6.45, 7) is 0.177. The first-order valence-corrected chi connectivity index (χ1v) is 4.22. The molecule has 0 fully saturated rings. The molecule has 0 aromatic rings.